The summed E-state index contributed by atoms with van der Waals surface area (Å²) in [6, 6.07) is 14.6. The smallest absolute Gasteiger partial charge is 0.251 e. The number of halogens is 1. The molecule has 0 aliphatic carbocycles. The van der Waals surface area contributed by atoms with Crippen molar-refractivity contribution in [3.05, 3.63) is 70.2 Å². The number of nitrogens with one attached hydrogen (secondary N) is 1. The first kappa shape index (κ1) is 15.5. The highest BCUT2D eigenvalue weighted by Gasteiger charge is 2.14. The van der Waals surface area contributed by atoms with Crippen molar-refractivity contribution in [1.29, 1.82) is 0 Å². The molecular formula is C17H18ClNO2. The highest BCUT2D eigenvalue weighted by molar-refractivity contribution is 6.31. The molecule has 0 aliphatic heterocycles. The first-order chi connectivity index (χ1) is 10.1. The zero-order valence-corrected chi connectivity index (χ0v) is 12.6. The SMILES string of the molecule is Cc1ccc(C(=O)N[C@H](CO)Cc2ccccc2)cc1Cl. The van der Waals surface area contributed by atoms with Crippen molar-refractivity contribution in [2.45, 2.75) is 19.4 Å². The van der Waals surface area contributed by atoms with Crippen molar-refractivity contribution >= 4 is 17.5 Å². The van der Waals surface area contributed by atoms with Crippen LogP contribution < -0.4 is 5.32 Å². The van der Waals surface area contributed by atoms with Crippen molar-refractivity contribution in [3.63, 3.8) is 0 Å². The van der Waals surface area contributed by atoms with Gasteiger partial charge in [-0.2, -0.15) is 0 Å². The second kappa shape index (κ2) is 7.25. The van der Waals surface area contributed by atoms with Gasteiger partial charge in [-0.1, -0.05) is 48.0 Å². The van der Waals surface area contributed by atoms with Crippen molar-refractivity contribution in [3.8, 4) is 0 Å². The van der Waals surface area contributed by atoms with Crippen molar-refractivity contribution in [1.82, 2.24) is 5.32 Å². The van der Waals surface area contributed by atoms with E-state index in [1.807, 2.05) is 43.3 Å². The predicted octanol–water partition coefficient (Wildman–Crippen LogP) is 2.98. The van der Waals surface area contributed by atoms with Crippen LogP contribution in [0.15, 0.2) is 48.5 Å². The number of aliphatic hydroxyl groups excluding tert-OH is 1. The van der Waals surface area contributed by atoms with Gasteiger partial charge in [0.1, 0.15) is 0 Å². The van der Waals surface area contributed by atoms with E-state index >= 15 is 0 Å². The van der Waals surface area contributed by atoms with Gasteiger partial charge in [-0.3, -0.25) is 4.79 Å². The lowest BCUT2D eigenvalue weighted by Gasteiger charge is -2.16. The molecule has 0 saturated carbocycles. The van der Waals surface area contributed by atoms with Crippen LogP contribution in [-0.2, 0) is 6.42 Å². The molecule has 2 rings (SSSR count). The standard InChI is InChI=1S/C17H18ClNO2/c1-12-7-8-14(10-16(12)18)17(21)19-15(11-20)9-13-5-3-2-4-6-13/h2-8,10,15,20H,9,11H2,1H3,(H,19,21)/t15-/m0/s1. The van der Waals surface area contributed by atoms with Gasteiger partial charge in [0.2, 0.25) is 0 Å². The maximum Gasteiger partial charge on any atom is 0.251 e. The summed E-state index contributed by atoms with van der Waals surface area (Å²) in [6.45, 7) is 1.77. The average Bonchev–Trinajstić information content (AvgIpc) is 2.50. The summed E-state index contributed by atoms with van der Waals surface area (Å²) in [5, 5.41) is 12.8. The minimum absolute atomic E-state index is 0.111. The molecule has 1 amide bonds. The van der Waals surface area contributed by atoms with Gasteiger partial charge in [0.05, 0.1) is 12.6 Å². The van der Waals surface area contributed by atoms with Crippen LogP contribution in [0.4, 0.5) is 0 Å². The number of aryl methyl sites for hydroxylation is 1. The van der Waals surface area contributed by atoms with Crippen LogP contribution in [0.25, 0.3) is 0 Å². The molecule has 0 heterocycles. The predicted molar refractivity (Wildman–Crippen MR) is 84.7 cm³/mol. The molecule has 3 nitrogen and oxygen atoms in total. The first-order valence-corrected chi connectivity index (χ1v) is 7.19. The summed E-state index contributed by atoms with van der Waals surface area (Å²) in [7, 11) is 0. The molecule has 0 unspecified atom stereocenters. The minimum Gasteiger partial charge on any atom is -0.394 e. The molecule has 0 bridgehead atoms. The molecule has 2 aromatic carbocycles. The lowest BCUT2D eigenvalue weighted by atomic mass is 10.1. The van der Waals surface area contributed by atoms with E-state index in [2.05, 4.69) is 5.32 Å². The van der Waals surface area contributed by atoms with E-state index < -0.39 is 0 Å². The third kappa shape index (κ3) is 4.31. The topological polar surface area (TPSA) is 49.3 Å². The van der Waals surface area contributed by atoms with Crippen LogP contribution in [0.2, 0.25) is 5.02 Å². The molecule has 0 saturated heterocycles. The number of benzene rings is 2. The maximum absolute atomic E-state index is 12.2. The van der Waals surface area contributed by atoms with Gasteiger partial charge in [0.25, 0.3) is 5.91 Å². The fourth-order valence-electron chi connectivity index (χ4n) is 2.06. The monoisotopic (exact) mass is 303 g/mol. The second-order valence-corrected chi connectivity index (χ2v) is 5.41. The van der Waals surface area contributed by atoms with Gasteiger partial charge in [0, 0.05) is 10.6 Å². The van der Waals surface area contributed by atoms with Gasteiger partial charge < -0.3 is 10.4 Å². The van der Waals surface area contributed by atoms with Crippen LogP contribution in [0.1, 0.15) is 21.5 Å². The lowest BCUT2D eigenvalue weighted by molar-refractivity contribution is 0.0916. The molecule has 21 heavy (non-hydrogen) atoms. The Balaban J connectivity index is 2.04. The molecule has 2 aromatic rings. The van der Waals surface area contributed by atoms with E-state index in [0.717, 1.165) is 11.1 Å². The van der Waals surface area contributed by atoms with Gasteiger partial charge >= 0.3 is 0 Å². The maximum atomic E-state index is 12.2. The Hall–Kier alpha value is -1.84. The van der Waals surface area contributed by atoms with E-state index in [1.165, 1.54) is 0 Å². The summed E-state index contributed by atoms with van der Waals surface area (Å²) in [6.07, 6.45) is 0.586. The highest BCUT2D eigenvalue weighted by atomic mass is 35.5. The third-order valence-corrected chi connectivity index (χ3v) is 3.72. The number of aliphatic hydroxyl groups is 1. The number of carbonyl (C=O) groups is 1. The highest BCUT2D eigenvalue weighted by Crippen LogP contribution is 2.16. The molecule has 2 N–H and O–H groups in total. The molecule has 4 heteroatoms. The normalized spacial score (nSPS) is 12.0. The second-order valence-electron chi connectivity index (χ2n) is 5.01. The molecule has 0 fully saturated rings. The fourth-order valence-corrected chi connectivity index (χ4v) is 2.24. The molecule has 0 radical (unpaired) electrons. The zero-order valence-electron chi connectivity index (χ0n) is 11.8. The van der Waals surface area contributed by atoms with Gasteiger partial charge in [0.15, 0.2) is 0 Å². The summed E-state index contributed by atoms with van der Waals surface area (Å²) in [5.41, 5.74) is 2.49. The van der Waals surface area contributed by atoms with Crippen LogP contribution in [-0.4, -0.2) is 23.7 Å². The van der Waals surface area contributed by atoms with Crippen LogP contribution in [0.5, 0.6) is 0 Å². The van der Waals surface area contributed by atoms with Gasteiger partial charge in [-0.25, -0.2) is 0 Å². The molecule has 110 valence electrons. The Morgan fingerprint density at radius 3 is 2.57 bits per heavy atom. The molecular weight excluding hydrogens is 286 g/mol. The number of hydrogen-bond acceptors (Lipinski definition) is 2. The summed E-state index contributed by atoms with van der Waals surface area (Å²) < 4.78 is 0. The zero-order chi connectivity index (χ0) is 15.2. The Morgan fingerprint density at radius 2 is 1.95 bits per heavy atom. The average molecular weight is 304 g/mol. The van der Waals surface area contributed by atoms with E-state index in [0.29, 0.717) is 17.0 Å². The Morgan fingerprint density at radius 1 is 1.24 bits per heavy atom. The minimum atomic E-state index is -0.319. The van der Waals surface area contributed by atoms with E-state index in [4.69, 9.17) is 11.6 Å². The number of rotatable bonds is 5. The van der Waals surface area contributed by atoms with Crippen LogP contribution >= 0.6 is 11.6 Å². The van der Waals surface area contributed by atoms with Gasteiger partial charge in [-0.05, 0) is 36.6 Å². The lowest BCUT2D eigenvalue weighted by Crippen LogP contribution is -2.39. The molecule has 0 spiro atoms. The van der Waals surface area contributed by atoms with Crippen molar-refractivity contribution in [2.24, 2.45) is 0 Å². The van der Waals surface area contributed by atoms with Gasteiger partial charge in [-0.15, -0.1) is 0 Å². The third-order valence-electron chi connectivity index (χ3n) is 3.31. The Labute approximate surface area is 129 Å². The van der Waals surface area contributed by atoms with E-state index in [-0.39, 0.29) is 18.6 Å². The van der Waals surface area contributed by atoms with E-state index in [1.54, 1.807) is 12.1 Å². The summed E-state index contributed by atoms with van der Waals surface area (Å²) in [4.78, 5) is 12.2. The Kier molecular flexibility index (Phi) is 5.37. The first-order valence-electron chi connectivity index (χ1n) is 6.82. The van der Waals surface area contributed by atoms with Crippen molar-refractivity contribution < 1.29 is 9.90 Å². The molecule has 0 aromatic heterocycles. The van der Waals surface area contributed by atoms with Crippen molar-refractivity contribution in [2.75, 3.05) is 6.61 Å². The molecule has 1 atom stereocenters. The number of hydrogen-bond donors (Lipinski definition) is 2. The fraction of sp³-hybridized carbons (Fsp3) is 0.235. The van der Waals surface area contributed by atoms with Crippen LogP contribution in [0, 0.1) is 6.92 Å². The van der Waals surface area contributed by atoms with E-state index in [9.17, 15) is 9.90 Å². The quantitative estimate of drug-likeness (QED) is 0.892. The summed E-state index contributed by atoms with van der Waals surface area (Å²) >= 11 is 6.03. The summed E-state index contributed by atoms with van der Waals surface area (Å²) in [5.74, 6) is -0.230. The number of carbonyl (C=O) groups excluding carboxylic acids is 1. The Bertz CT molecular complexity index is 613. The van der Waals surface area contributed by atoms with Crippen LogP contribution in [0.3, 0.4) is 0 Å². The largest absolute Gasteiger partial charge is 0.394 e. The molecule has 0 aliphatic rings. The number of amides is 1.